The summed E-state index contributed by atoms with van der Waals surface area (Å²) in [6.07, 6.45) is 1.69. The standard InChI is InChI=1S/C19H13N3O3S2/c23-27(24,15-7-2-1-3-8-15)21-17-10-14-12-20-22(19(14)26-17)18-11-13-6-4-5-9-16(13)25-18/h1-12,21H. The number of fused-ring (bicyclic) bond motifs is 2. The molecule has 6 nitrogen and oxygen atoms in total. The first kappa shape index (κ1) is 16.1. The van der Waals surface area contributed by atoms with Crippen LogP contribution in [0.3, 0.4) is 0 Å². The van der Waals surface area contributed by atoms with Crippen molar-refractivity contribution in [2.75, 3.05) is 4.72 Å². The minimum absolute atomic E-state index is 0.223. The zero-order valence-corrected chi connectivity index (χ0v) is 15.5. The van der Waals surface area contributed by atoms with Crippen LogP contribution >= 0.6 is 11.3 Å². The highest BCUT2D eigenvalue weighted by Gasteiger charge is 2.18. The van der Waals surface area contributed by atoms with E-state index in [2.05, 4.69) is 9.82 Å². The van der Waals surface area contributed by atoms with Gasteiger partial charge in [0.25, 0.3) is 10.0 Å². The van der Waals surface area contributed by atoms with Crippen LogP contribution in [0.4, 0.5) is 5.00 Å². The molecule has 27 heavy (non-hydrogen) atoms. The number of hydrogen-bond donors (Lipinski definition) is 1. The molecule has 134 valence electrons. The van der Waals surface area contributed by atoms with Crippen LogP contribution in [0.2, 0.25) is 0 Å². The predicted molar refractivity (Wildman–Crippen MR) is 106 cm³/mol. The summed E-state index contributed by atoms with van der Waals surface area (Å²) in [5.74, 6) is 0.588. The van der Waals surface area contributed by atoms with Crippen LogP contribution in [-0.2, 0) is 10.0 Å². The van der Waals surface area contributed by atoms with E-state index in [9.17, 15) is 8.42 Å². The van der Waals surface area contributed by atoms with E-state index in [-0.39, 0.29) is 4.90 Å². The number of para-hydroxylation sites is 1. The Morgan fingerprint density at radius 3 is 2.56 bits per heavy atom. The van der Waals surface area contributed by atoms with Crippen LogP contribution in [-0.4, -0.2) is 18.2 Å². The highest BCUT2D eigenvalue weighted by Crippen LogP contribution is 2.34. The molecule has 0 atom stereocenters. The Morgan fingerprint density at radius 1 is 0.963 bits per heavy atom. The Hall–Kier alpha value is -3.10. The van der Waals surface area contributed by atoms with Gasteiger partial charge in [0.1, 0.15) is 15.4 Å². The van der Waals surface area contributed by atoms with Crippen molar-refractivity contribution < 1.29 is 12.8 Å². The number of nitrogens with zero attached hydrogens (tertiary/aromatic N) is 2. The molecule has 5 rings (SSSR count). The van der Waals surface area contributed by atoms with Crippen molar-refractivity contribution in [1.29, 1.82) is 0 Å². The Kier molecular flexibility index (Phi) is 3.56. The van der Waals surface area contributed by atoms with Gasteiger partial charge in [-0.15, -0.1) is 0 Å². The zero-order chi connectivity index (χ0) is 18.4. The van der Waals surface area contributed by atoms with Crippen molar-refractivity contribution in [1.82, 2.24) is 9.78 Å². The first-order chi connectivity index (χ1) is 13.1. The maximum Gasteiger partial charge on any atom is 0.262 e. The number of sulfonamides is 1. The lowest BCUT2D eigenvalue weighted by Gasteiger charge is -2.05. The van der Waals surface area contributed by atoms with E-state index >= 15 is 0 Å². The van der Waals surface area contributed by atoms with Gasteiger partial charge >= 0.3 is 0 Å². The fourth-order valence-corrected chi connectivity index (χ4v) is 5.20. The summed E-state index contributed by atoms with van der Waals surface area (Å²) in [5, 5.41) is 6.72. The average Bonchev–Trinajstić information content (AvgIpc) is 3.35. The molecule has 8 heteroatoms. The molecule has 0 saturated carbocycles. The van der Waals surface area contributed by atoms with Crippen LogP contribution < -0.4 is 4.72 Å². The Balaban J connectivity index is 1.54. The third-order valence-corrected chi connectivity index (χ3v) is 6.71. The zero-order valence-electron chi connectivity index (χ0n) is 13.9. The first-order valence-corrected chi connectivity index (χ1v) is 10.4. The molecule has 3 heterocycles. The number of anilines is 1. The third kappa shape index (κ3) is 2.79. The summed E-state index contributed by atoms with van der Waals surface area (Å²) < 4.78 is 35.2. The Bertz CT molecular complexity index is 1330. The molecule has 0 aliphatic heterocycles. The minimum atomic E-state index is -3.63. The van der Waals surface area contributed by atoms with Gasteiger partial charge in [0.15, 0.2) is 0 Å². The van der Waals surface area contributed by atoms with E-state index < -0.39 is 10.0 Å². The first-order valence-electron chi connectivity index (χ1n) is 8.14. The Labute approximate surface area is 158 Å². The summed E-state index contributed by atoms with van der Waals surface area (Å²) in [6.45, 7) is 0. The monoisotopic (exact) mass is 395 g/mol. The third-order valence-electron chi connectivity index (χ3n) is 4.15. The lowest BCUT2D eigenvalue weighted by atomic mass is 10.3. The largest absolute Gasteiger partial charge is 0.438 e. The van der Waals surface area contributed by atoms with Crippen LogP contribution in [0.25, 0.3) is 27.1 Å². The smallest absolute Gasteiger partial charge is 0.262 e. The molecule has 0 unspecified atom stereocenters. The topological polar surface area (TPSA) is 77.1 Å². The fraction of sp³-hybridized carbons (Fsp3) is 0. The van der Waals surface area contributed by atoms with Gasteiger partial charge in [-0.05, 0) is 24.3 Å². The molecular weight excluding hydrogens is 382 g/mol. The highest BCUT2D eigenvalue weighted by atomic mass is 32.2. The molecule has 3 aromatic heterocycles. The second-order valence-electron chi connectivity index (χ2n) is 5.97. The molecule has 0 saturated heterocycles. The summed E-state index contributed by atoms with van der Waals surface area (Å²) in [6, 6.07) is 19.7. The molecule has 0 radical (unpaired) electrons. The number of rotatable bonds is 4. The molecule has 2 aromatic carbocycles. The molecule has 0 bridgehead atoms. The molecule has 5 aromatic rings. The van der Waals surface area contributed by atoms with E-state index in [1.165, 1.54) is 11.3 Å². The van der Waals surface area contributed by atoms with Crippen molar-refractivity contribution >= 4 is 47.5 Å². The number of benzene rings is 2. The van der Waals surface area contributed by atoms with Crippen LogP contribution in [0, 0.1) is 0 Å². The lowest BCUT2D eigenvalue weighted by Crippen LogP contribution is -2.11. The van der Waals surface area contributed by atoms with E-state index in [0.717, 1.165) is 21.2 Å². The van der Waals surface area contributed by atoms with Gasteiger partial charge in [0, 0.05) is 16.8 Å². The van der Waals surface area contributed by atoms with E-state index in [1.54, 1.807) is 47.3 Å². The average molecular weight is 395 g/mol. The van der Waals surface area contributed by atoms with E-state index in [1.807, 2.05) is 30.3 Å². The summed E-state index contributed by atoms with van der Waals surface area (Å²) in [5.41, 5.74) is 0.776. The number of furan rings is 1. The van der Waals surface area contributed by atoms with E-state index in [0.29, 0.717) is 10.9 Å². The fourth-order valence-electron chi connectivity index (χ4n) is 2.90. The molecule has 0 fully saturated rings. The molecule has 0 aliphatic rings. The van der Waals surface area contributed by atoms with Gasteiger partial charge in [0.2, 0.25) is 5.88 Å². The maximum absolute atomic E-state index is 12.5. The summed E-state index contributed by atoms with van der Waals surface area (Å²) in [7, 11) is -3.63. The lowest BCUT2D eigenvalue weighted by molar-refractivity contribution is 0.567. The quantitative estimate of drug-likeness (QED) is 0.481. The normalized spacial score (nSPS) is 12.0. The minimum Gasteiger partial charge on any atom is -0.438 e. The van der Waals surface area contributed by atoms with Gasteiger partial charge in [-0.25, -0.2) is 8.42 Å². The van der Waals surface area contributed by atoms with Gasteiger partial charge in [-0.3, -0.25) is 4.72 Å². The summed E-state index contributed by atoms with van der Waals surface area (Å²) in [4.78, 5) is 1.03. The number of hydrogen-bond acceptors (Lipinski definition) is 5. The maximum atomic E-state index is 12.5. The predicted octanol–water partition coefficient (Wildman–Crippen LogP) is 4.63. The molecule has 0 spiro atoms. The Morgan fingerprint density at radius 2 is 1.74 bits per heavy atom. The number of aromatic nitrogens is 2. The molecule has 0 aliphatic carbocycles. The molecule has 0 amide bonds. The SMILES string of the molecule is O=S(=O)(Nc1cc2cnn(-c3cc4ccccc4o3)c2s1)c1ccccc1. The second-order valence-corrected chi connectivity index (χ2v) is 8.68. The van der Waals surface area contributed by atoms with Crippen LogP contribution in [0.15, 0.2) is 82.2 Å². The van der Waals surface area contributed by atoms with Gasteiger partial charge in [-0.2, -0.15) is 9.78 Å². The van der Waals surface area contributed by atoms with Gasteiger partial charge in [-0.1, -0.05) is 47.7 Å². The van der Waals surface area contributed by atoms with Crippen molar-refractivity contribution in [3.05, 3.63) is 72.9 Å². The highest BCUT2D eigenvalue weighted by molar-refractivity contribution is 7.93. The molecular formula is C19H13N3O3S2. The van der Waals surface area contributed by atoms with Crippen LogP contribution in [0.1, 0.15) is 0 Å². The van der Waals surface area contributed by atoms with Crippen molar-refractivity contribution in [2.45, 2.75) is 4.90 Å². The molecule has 1 N–H and O–H groups in total. The summed E-state index contributed by atoms with van der Waals surface area (Å²) >= 11 is 1.31. The van der Waals surface area contributed by atoms with Crippen molar-refractivity contribution in [3.8, 4) is 5.88 Å². The van der Waals surface area contributed by atoms with Gasteiger partial charge in [0.05, 0.1) is 11.1 Å². The number of thiophene rings is 1. The van der Waals surface area contributed by atoms with Gasteiger partial charge < -0.3 is 4.42 Å². The van der Waals surface area contributed by atoms with Crippen molar-refractivity contribution in [2.24, 2.45) is 0 Å². The van der Waals surface area contributed by atoms with Crippen LogP contribution in [0.5, 0.6) is 0 Å². The number of nitrogens with one attached hydrogen (secondary N) is 1. The second kappa shape index (κ2) is 5.97. The van der Waals surface area contributed by atoms with Crippen molar-refractivity contribution in [3.63, 3.8) is 0 Å². The van der Waals surface area contributed by atoms with E-state index in [4.69, 9.17) is 4.42 Å².